The molecule has 0 bridgehead atoms. The van der Waals surface area contributed by atoms with Gasteiger partial charge < -0.3 is 21.1 Å². The van der Waals surface area contributed by atoms with Crippen LogP contribution in [0, 0.1) is 0 Å². The number of carbonyl (C=O) groups is 1. The molecule has 0 saturated carbocycles. The molecule has 5 nitrogen and oxygen atoms in total. The third-order valence-electron chi connectivity index (χ3n) is 3.85. The summed E-state index contributed by atoms with van der Waals surface area (Å²) in [6.07, 6.45) is 4.55. The Hall–Kier alpha value is -1.91. The summed E-state index contributed by atoms with van der Waals surface area (Å²) in [4.78, 5) is 13.5. The number of benzene rings is 1. The van der Waals surface area contributed by atoms with Crippen LogP contribution in [0.4, 0.5) is 11.4 Å². The largest absolute Gasteiger partial charge is 0.494 e. The molecule has 21 heavy (non-hydrogen) atoms. The fourth-order valence-electron chi connectivity index (χ4n) is 2.84. The molecule has 1 aliphatic rings. The van der Waals surface area contributed by atoms with E-state index in [1.165, 1.54) is 0 Å². The quantitative estimate of drug-likeness (QED) is 0.788. The van der Waals surface area contributed by atoms with Crippen LogP contribution in [0.3, 0.4) is 0 Å². The lowest BCUT2D eigenvalue weighted by molar-refractivity contribution is -0.118. The molecular formula is C16H25N3O2. The van der Waals surface area contributed by atoms with E-state index in [1.54, 1.807) is 0 Å². The molecule has 0 radical (unpaired) electrons. The predicted molar refractivity (Wildman–Crippen MR) is 85.4 cm³/mol. The zero-order valence-electron chi connectivity index (χ0n) is 12.7. The molecule has 1 saturated heterocycles. The molecule has 1 heterocycles. The summed E-state index contributed by atoms with van der Waals surface area (Å²) in [5.41, 5.74) is 13.2. The lowest BCUT2D eigenvalue weighted by atomic mass is 9.98. The average Bonchev–Trinajstić information content (AvgIpc) is 2.47. The van der Waals surface area contributed by atoms with Crippen molar-refractivity contribution in [3.05, 3.63) is 18.2 Å². The van der Waals surface area contributed by atoms with Crippen LogP contribution in [-0.2, 0) is 4.79 Å². The number of rotatable bonds is 6. The maximum atomic E-state index is 11.3. The van der Waals surface area contributed by atoms with Crippen molar-refractivity contribution in [3.8, 4) is 5.75 Å². The number of hydrogen-bond acceptors (Lipinski definition) is 4. The molecule has 1 atom stereocenters. The number of amides is 1. The van der Waals surface area contributed by atoms with Crippen LogP contribution >= 0.6 is 0 Å². The van der Waals surface area contributed by atoms with Gasteiger partial charge in [-0.2, -0.15) is 0 Å². The van der Waals surface area contributed by atoms with Gasteiger partial charge in [0.1, 0.15) is 5.75 Å². The van der Waals surface area contributed by atoms with Crippen LogP contribution in [0.5, 0.6) is 5.75 Å². The highest BCUT2D eigenvalue weighted by atomic mass is 16.5. The predicted octanol–water partition coefficient (Wildman–Crippen LogP) is 2.29. The lowest BCUT2D eigenvalue weighted by Crippen LogP contribution is -2.42. The molecule has 0 spiro atoms. The van der Waals surface area contributed by atoms with Crippen molar-refractivity contribution >= 4 is 17.3 Å². The number of ether oxygens (including phenoxy) is 1. The Labute approximate surface area is 126 Å². The minimum Gasteiger partial charge on any atom is -0.494 e. The summed E-state index contributed by atoms with van der Waals surface area (Å²) < 4.78 is 5.68. The van der Waals surface area contributed by atoms with E-state index < -0.39 is 0 Å². The first-order valence-electron chi connectivity index (χ1n) is 7.69. The molecule has 2 rings (SSSR count). The Bertz CT molecular complexity index is 490. The van der Waals surface area contributed by atoms with Crippen molar-refractivity contribution in [2.75, 3.05) is 23.8 Å². The molecule has 1 aliphatic heterocycles. The first-order chi connectivity index (χ1) is 10.1. The van der Waals surface area contributed by atoms with Crippen molar-refractivity contribution in [1.29, 1.82) is 0 Å². The van der Waals surface area contributed by atoms with Gasteiger partial charge in [0.25, 0.3) is 0 Å². The first-order valence-corrected chi connectivity index (χ1v) is 7.69. The van der Waals surface area contributed by atoms with E-state index >= 15 is 0 Å². The smallest absolute Gasteiger partial charge is 0.219 e. The van der Waals surface area contributed by atoms with Gasteiger partial charge in [-0.15, -0.1) is 0 Å². The van der Waals surface area contributed by atoms with E-state index in [1.807, 2.05) is 18.2 Å². The van der Waals surface area contributed by atoms with Crippen LogP contribution in [0.25, 0.3) is 0 Å². The number of hydrogen-bond donors (Lipinski definition) is 2. The normalized spacial score (nSPS) is 18.5. The molecule has 1 fully saturated rings. The number of nitrogens with two attached hydrogens (primary N) is 2. The Kier molecular flexibility index (Phi) is 5.31. The number of piperidine rings is 1. The minimum atomic E-state index is -0.260. The molecular weight excluding hydrogens is 266 g/mol. The Morgan fingerprint density at radius 1 is 1.43 bits per heavy atom. The average molecular weight is 291 g/mol. The maximum Gasteiger partial charge on any atom is 0.219 e. The highest BCUT2D eigenvalue weighted by molar-refractivity contribution is 5.76. The van der Waals surface area contributed by atoms with Gasteiger partial charge >= 0.3 is 0 Å². The number of anilines is 2. The topological polar surface area (TPSA) is 81.6 Å². The second-order valence-corrected chi connectivity index (χ2v) is 5.58. The van der Waals surface area contributed by atoms with E-state index in [-0.39, 0.29) is 11.9 Å². The van der Waals surface area contributed by atoms with Gasteiger partial charge in [0.15, 0.2) is 0 Å². The van der Waals surface area contributed by atoms with E-state index in [9.17, 15) is 4.79 Å². The zero-order valence-corrected chi connectivity index (χ0v) is 12.7. The van der Waals surface area contributed by atoms with E-state index in [4.69, 9.17) is 16.2 Å². The van der Waals surface area contributed by atoms with Crippen molar-refractivity contribution in [3.63, 3.8) is 0 Å². The van der Waals surface area contributed by atoms with Gasteiger partial charge in [-0.1, -0.05) is 6.92 Å². The third-order valence-corrected chi connectivity index (χ3v) is 3.85. The van der Waals surface area contributed by atoms with Gasteiger partial charge in [0, 0.05) is 25.1 Å². The Balaban J connectivity index is 2.22. The lowest BCUT2D eigenvalue weighted by Gasteiger charge is -2.37. The zero-order chi connectivity index (χ0) is 15.2. The fraction of sp³-hybridized carbons (Fsp3) is 0.562. The van der Waals surface area contributed by atoms with Crippen LogP contribution < -0.4 is 21.1 Å². The summed E-state index contributed by atoms with van der Waals surface area (Å²) in [6, 6.07) is 5.88. The van der Waals surface area contributed by atoms with Crippen molar-refractivity contribution in [2.24, 2.45) is 5.73 Å². The van der Waals surface area contributed by atoms with Crippen molar-refractivity contribution in [1.82, 2.24) is 0 Å². The SMILES string of the molecule is CCCOc1ccc(N)c(N2CCCCC2CC(N)=O)c1. The molecule has 1 aromatic carbocycles. The Morgan fingerprint density at radius 3 is 2.95 bits per heavy atom. The molecule has 0 aliphatic carbocycles. The molecule has 0 aromatic heterocycles. The summed E-state index contributed by atoms with van der Waals surface area (Å²) in [5, 5.41) is 0. The second kappa shape index (κ2) is 7.20. The third kappa shape index (κ3) is 4.03. The van der Waals surface area contributed by atoms with Gasteiger partial charge in [-0.25, -0.2) is 0 Å². The number of carbonyl (C=O) groups excluding carboxylic acids is 1. The minimum absolute atomic E-state index is 0.139. The summed E-state index contributed by atoms with van der Waals surface area (Å²) >= 11 is 0. The molecule has 116 valence electrons. The summed E-state index contributed by atoms with van der Waals surface area (Å²) in [6.45, 7) is 3.67. The van der Waals surface area contributed by atoms with Gasteiger partial charge in [0.05, 0.1) is 18.0 Å². The highest BCUT2D eigenvalue weighted by Crippen LogP contribution is 2.33. The maximum absolute atomic E-state index is 11.3. The molecule has 1 unspecified atom stereocenters. The van der Waals surface area contributed by atoms with Gasteiger partial charge in [0.2, 0.25) is 5.91 Å². The molecule has 5 heteroatoms. The van der Waals surface area contributed by atoms with E-state index in [2.05, 4.69) is 11.8 Å². The van der Waals surface area contributed by atoms with Crippen LogP contribution in [0.1, 0.15) is 39.0 Å². The van der Waals surface area contributed by atoms with Gasteiger partial charge in [-0.05, 0) is 37.8 Å². The highest BCUT2D eigenvalue weighted by Gasteiger charge is 2.25. The van der Waals surface area contributed by atoms with Crippen molar-refractivity contribution in [2.45, 2.75) is 45.1 Å². The van der Waals surface area contributed by atoms with E-state index in [0.717, 1.165) is 49.4 Å². The molecule has 1 aromatic rings. The van der Waals surface area contributed by atoms with Crippen LogP contribution in [0.2, 0.25) is 0 Å². The van der Waals surface area contributed by atoms with Crippen LogP contribution in [0.15, 0.2) is 18.2 Å². The fourth-order valence-corrected chi connectivity index (χ4v) is 2.84. The monoisotopic (exact) mass is 291 g/mol. The number of primary amides is 1. The number of nitrogens with zero attached hydrogens (tertiary/aromatic N) is 1. The molecule has 4 N–H and O–H groups in total. The van der Waals surface area contributed by atoms with Gasteiger partial charge in [-0.3, -0.25) is 4.79 Å². The summed E-state index contributed by atoms with van der Waals surface area (Å²) in [5.74, 6) is 0.563. The molecule has 1 amide bonds. The van der Waals surface area contributed by atoms with Crippen molar-refractivity contribution < 1.29 is 9.53 Å². The standard InChI is InChI=1S/C16H25N3O2/c1-2-9-21-13-6-7-14(17)15(11-13)19-8-4-3-5-12(19)10-16(18)20/h6-7,11-12H,2-5,8-10,17H2,1H3,(H2,18,20). The Morgan fingerprint density at radius 2 is 2.24 bits per heavy atom. The van der Waals surface area contributed by atoms with Crippen LogP contribution in [-0.4, -0.2) is 25.1 Å². The van der Waals surface area contributed by atoms with E-state index in [0.29, 0.717) is 13.0 Å². The summed E-state index contributed by atoms with van der Waals surface area (Å²) in [7, 11) is 0. The second-order valence-electron chi connectivity index (χ2n) is 5.58. The number of nitrogen functional groups attached to an aromatic ring is 1. The first kappa shape index (κ1) is 15.5.